The van der Waals surface area contributed by atoms with Gasteiger partial charge < -0.3 is 14.8 Å². The molecule has 1 amide bonds. The third-order valence-electron chi connectivity index (χ3n) is 2.61. The van der Waals surface area contributed by atoms with Crippen LogP contribution in [0.4, 0.5) is 5.82 Å². The molecule has 0 aliphatic rings. The number of benzene rings is 1. The zero-order valence-electron chi connectivity index (χ0n) is 11.0. The molecule has 0 spiro atoms. The Labute approximate surface area is 125 Å². The number of pyridine rings is 1. The zero-order chi connectivity index (χ0) is 14.5. The molecule has 0 aliphatic heterocycles. The van der Waals surface area contributed by atoms with Gasteiger partial charge in [-0.3, -0.25) is 4.79 Å². The molecule has 0 saturated carbocycles. The van der Waals surface area contributed by atoms with Crippen LogP contribution < -0.4 is 14.8 Å². The van der Waals surface area contributed by atoms with E-state index in [0.717, 1.165) is 0 Å². The van der Waals surface area contributed by atoms with Gasteiger partial charge in [-0.25, -0.2) is 4.98 Å². The van der Waals surface area contributed by atoms with Crippen LogP contribution in [-0.4, -0.2) is 25.1 Å². The number of carbonyl (C=O) groups excluding carboxylic acids is 1. The number of carbonyl (C=O) groups is 1. The summed E-state index contributed by atoms with van der Waals surface area (Å²) >= 11 is 3.36. The van der Waals surface area contributed by atoms with Crippen molar-refractivity contribution in [2.45, 2.75) is 0 Å². The number of anilines is 1. The van der Waals surface area contributed by atoms with Crippen LogP contribution in [0.5, 0.6) is 11.5 Å². The summed E-state index contributed by atoms with van der Waals surface area (Å²) in [5.41, 5.74) is 0.424. The highest BCUT2D eigenvalue weighted by Gasteiger charge is 2.14. The SMILES string of the molecule is COc1cc(C(=O)Nc2ccccn2)cc(OC)c1Br. The Bertz CT molecular complexity index is 592. The summed E-state index contributed by atoms with van der Waals surface area (Å²) < 4.78 is 11.1. The minimum absolute atomic E-state index is 0.284. The summed E-state index contributed by atoms with van der Waals surface area (Å²) in [5.74, 6) is 1.25. The fourth-order valence-corrected chi connectivity index (χ4v) is 2.18. The Morgan fingerprint density at radius 3 is 2.35 bits per heavy atom. The molecule has 0 bridgehead atoms. The fourth-order valence-electron chi connectivity index (χ4n) is 1.63. The van der Waals surface area contributed by atoms with Gasteiger partial charge in [0.2, 0.25) is 0 Å². The van der Waals surface area contributed by atoms with Crippen LogP contribution in [0.1, 0.15) is 10.4 Å². The molecule has 0 saturated heterocycles. The first kappa shape index (κ1) is 14.3. The number of ether oxygens (including phenoxy) is 2. The van der Waals surface area contributed by atoms with E-state index >= 15 is 0 Å². The summed E-state index contributed by atoms with van der Waals surface area (Å²) in [6.45, 7) is 0. The molecule has 6 heteroatoms. The van der Waals surface area contributed by atoms with Crippen molar-refractivity contribution in [1.29, 1.82) is 0 Å². The first-order valence-electron chi connectivity index (χ1n) is 5.79. The van der Waals surface area contributed by atoms with Gasteiger partial charge in [0.25, 0.3) is 5.91 Å². The number of methoxy groups -OCH3 is 2. The average Bonchev–Trinajstić information content (AvgIpc) is 2.48. The summed E-state index contributed by atoms with van der Waals surface area (Å²) in [7, 11) is 3.06. The van der Waals surface area contributed by atoms with Crippen molar-refractivity contribution in [1.82, 2.24) is 4.98 Å². The Kier molecular flexibility index (Phi) is 4.57. The summed E-state index contributed by atoms with van der Waals surface area (Å²) in [4.78, 5) is 16.2. The third-order valence-corrected chi connectivity index (χ3v) is 3.40. The average molecular weight is 337 g/mol. The molecule has 1 heterocycles. The van der Waals surface area contributed by atoms with Crippen LogP contribution in [0.25, 0.3) is 0 Å². The second-order valence-electron chi connectivity index (χ2n) is 3.86. The van der Waals surface area contributed by atoms with Gasteiger partial charge in [0.05, 0.1) is 14.2 Å². The number of rotatable bonds is 4. The molecule has 2 aromatic rings. The van der Waals surface area contributed by atoms with Gasteiger partial charge in [-0.05, 0) is 40.2 Å². The topological polar surface area (TPSA) is 60.5 Å². The molecular weight excluding hydrogens is 324 g/mol. The van der Waals surface area contributed by atoms with Gasteiger partial charge in [0.1, 0.15) is 21.8 Å². The van der Waals surface area contributed by atoms with Crippen molar-refractivity contribution in [2.24, 2.45) is 0 Å². The minimum atomic E-state index is -0.284. The number of hydrogen-bond donors (Lipinski definition) is 1. The molecule has 0 unspecified atom stereocenters. The van der Waals surface area contributed by atoms with Gasteiger partial charge >= 0.3 is 0 Å². The Morgan fingerprint density at radius 2 is 1.85 bits per heavy atom. The van der Waals surface area contributed by atoms with E-state index in [1.807, 2.05) is 0 Å². The molecule has 1 N–H and O–H groups in total. The highest BCUT2D eigenvalue weighted by atomic mass is 79.9. The van der Waals surface area contributed by atoms with Crippen molar-refractivity contribution in [2.75, 3.05) is 19.5 Å². The lowest BCUT2D eigenvalue weighted by molar-refractivity contribution is 0.102. The summed E-state index contributed by atoms with van der Waals surface area (Å²) in [5, 5.41) is 2.70. The summed E-state index contributed by atoms with van der Waals surface area (Å²) in [6, 6.07) is 8.55. The third kappa shape index (κ3) is 3.08. The smallest absolute Gasteiger partial charge is 0.257 e. The molecule has 1 aromatic carbocycles. The van der Waals surface area contributed by atoms with Crippen LogP contribution in [0.15, 0.2) is 41.0 Å². The number of nitrogens with one attached hydrogen (secondary N) is 1. The van der Waals surface area contributed by atoms with E-state index in [2.05, 4.69) is 26.2 Å². The number of halogens is 1. The molecule has 0 radical (unpaired) electrons. The quantitative estimate of drug-likeness (QED) is 0.931. The largest absolute Gasteiger partial charge is 0.495 e. The fraction of sp³-hybridized carbons (Fsp3) is 0.143. The van der Waals surface area contributed by atoms with E-state index in [1.165, 1.54) is 14.2 Å². The van der Waals surface area contributed by atoms with Crippen LogP contribution in [0.3, 0.4) is 0 Å². The summed E-state index contributed by atoms with van der Waals surface area (Å²) in [6.07, 6.45) is 1.61. The van der Waals surface area contributed by atoms with Crippen LogP contribution >= 0.6 is 15.9 Å². The predicted octanol–water partition coefficient (Wildman–Crippen LogP) is 3.11. The Morgan fingerprint density at radius 1 is 1.20 bits per heavy atom. The Balaban J connectivity index is 2.30. The minimum Gasteiger partial charge on any atom is -0.495 e. The maximum absolute atomic E-state index is 12.2. The van der Waals surface area contributed by atoms with E-state index < -0.39 is 0 Å². The van der Waals surface area contributed by atoms with E-state index in [1.54, 1.807) is 36.5 Å². The molecular formula is C14H13BrN2O3. The van der Waals surface area contributed by atoms with Crippen molar-refractivity contribution < 1.29 is 14.3 Å². The number of amides is 1. The number of nitrogens with zero attached hydrogens (tertiary/aromatic N) is 1. The zero-order valence-corrected chi connectivity index (χ0v) is 12.6. The van der Waals surface area contributed by atoms with Gasteiger partial charge in [-0.2, -0.15) is 0 Å². The van der Waals surface area contributed by atoms with E-state index in [-0.39, 0.29) is 5.91 Å². The van der Waals surface area contributed by atoms with Crippen molar-refractivity contribution in [3.8, 4) is 11.5 Å². The molecule has 20 heavy (non-hydrogen) atoms. The lowest BCUT2D eigenvalue weighted by Crippen LogP contribution is -2.13. The first-order chi connectivity index (χ1) is 9.65. The maximum atomic E-state index is 12.2. The standard InChI is InChI=1S/C14H13BrN2O3/c1-19-10-7-9(8-11(20-2)13(10)15)14(18)17-12-5-3-4-6-16-12/h3-8H,1-2H3,(H,16,17,18). The highest BCUT2D eigenvalue weighted by Crippen LogP contribution is 2.35. The molecule has 104 valence electrons. The molecule has 0 aliphatic carbocycles. The Hall–Kier alpha value is -2.08. The number of aromatic nitrogens is 1. The van der Waals surface area contributed by atoms with E-state index in [0.29, 0.717) is 27.4 Å². The van der Waals surface area contributed by atoms with Gasteiger partial charge in [-0.15, -0.1) is 0 Å². The normalized spacial score (nSPS) is 9.95. The molecule has 0 fully saturated rings. The van der Waals surface area contributed by atoms with Crippen molar-refractivity contribution in [3.05, 3.63) is 46.6 Å². The molecule has 0 atom stereocenters. The van der Waals surface area contributed by atoms with Crippen LogP contribution in [0, 0.1) is 0 Å². The number of hydrogen-bond acceptors (Lipinski definition) is 4. The maximum Gasteiger partial charge on any atom is 0.257 e. The van der Waals surface area contributed by atoms with Gasteiger partial charge in [0, 0.05) is 11.8 Å². The second-order valence-corrected chi connectivity index (χ2v) is 4.66. The lowest BCUT2D eigenvalue weighted by atomic mass is 10.2. The van der Waals surface area contributed by atoms with Gasteiger partial charge in [-0.1, -0.05) is 6.07 Å². The van der Waals surface area contributed by atoms with E-state index in [9.17, 15) is 4.79 Å². The van der Waals surface area contributed by atoms with Crippen LogP contribution in [0.2, 0.25) is 0 Å². The molecule has 1 aromatic heterocycles. The molecule has 2 rings (SSSR count). The van der Waals surface area contributed by atoms with Crippen molar-refractivity contribution in [3.63, 3.8) is 0 Å². The van der Waals surface area contributed by atoms with Crippen molar-refractivity contribution >= 4 is 27.7 Å². The monoisotopic (exact) mass is 336 g/mol. The lowest BCUT2D eigenvalue weighted by Gasteiger charge is -2.11. The van der Waals surface area contributed by atoms with Gasteiger partial charge in [0.15, 0.2) is 0 Å². The van der Waals surface area contributed by atoms with Crippen LogP contribution in [-0.2, 0) is 0 Å². The predicted molar refractivity (Wildman–Crippen MR) is 79.4 cm³/mol. The van der Waals surface area contributed by atoms with E-state index in [4.69, 9.17) is 9.47 Å². The molecule has 5 nitrogen and oxygen atoms in total. The highest BCUT2D eigenvalue weighted by molar-refractivity contribution is 9.10. The second kappa shape index (κ2) is 6.38. The first-order valence-corrected chi connectivity index (χ1v) is 6.59.